The maximum absolute atomic E-state index is 13.0. The Morgan fingerprint density at radius 1 is 1.32 bits per heavy atom. The van der Waals surface area contributed by atoms with E-state index in [-0.39, 0.29) is 17.1 Å². The Hall–Kier alpha value is -0.580. The molecule has 0 amide bonds. The molecular formula is C15H22FNOS. The zero-order chi connectivity index (χ0) is 13.7. The molecule has 2 rings (SSSR count). The molecule has 0 aromatic heterocycles. The fourth-order valence-corrected chi connectivity index (χ4v) is 3.90. The molecule has 2 atom stereocenters. The second kappa shape index (κ2) is 7.27. The Labute approximate surface area is 118 Å². The maximum atomic E-state index is 13.0. The third kappa shape index (κ3) is 4.20. The van der Waals surface area contributed by atoms with Crippen molar-refractivity contribution in [3.8, 4) is 0 Å². The van der Waals surface area contributed by atoms with Crippen molar-refractivity contribution in [1.29, 1.82) is 0 Å². The zero-order valence-electron chi connectivity index (χ0n) is 11.3. The van der Waals surface area contributed by atoms with Gasteiger partial charge in [-0.15, -0.1) is 11.8 Å². The summed E-state index contributed by atoms with van der Waals surface area (Å²) >= 11 is 1.93. The van der Waals surface area contributed by atoms with E-state index in [9.17, 15) is 4.39 Å². The van der Waals surface area contributed by atoms with Gasteiger partial charge in [-0.1, -0.05) is 19.1 Å². The molecular weight excluding hydrogens is 261 g/mol. The van der Waals surface area contributed by atoms with Crippen LogP contribution in [-0.2, 0) is 4.74 Å². The van der Waals surface area contributed by atoms with Gasteiger partial charge in [0.05, 0.1) is 0 Å². The molecule has 0 bridgehead atoms. The van der Waals surface area contributed by atoms with Crippen LogP contribution in [0.3, 0.4) is 0 Å². The number of benzene rings is 1. The molecule has 1 aliphatic rings. The summed E-state index contributed by atoms with van der Waals surface area (Å²) in [7, 11) is 0. The molecule has 106 valence electrons. The van der Waals surface area contributed by atoms with E-state index in [0.717, 1.165) is 38.0 Å². The summed E-state index contributed by atoms with van der Waals surface area (Å²) in [5.41, 5.74) is 7.39. The van der Waals surface area contributed by atoms with Crippen molar-refractivity contribution >= 4 is 11.8 Å². The first-order chi connectivity index (χ1) is 9.20. The molecule has 1 aromatic rings. The molecule has 4 heteroatoms. The third-order valence-electron chi connectivity index (χ3n) is 3.57. The third-order valence-corrected chi connectivity index (χ3v) is 5.34. The highest BCUT2D eigenvalue weighted by Crippen LogP contribution is 2.38. The standard InChI is InChI=1S/C15H22FNOS/c1-2-14(17)15(11-3-5-12(16)6-4-11)19-13-7-9-18-10-8-13/h3-6,13-15H,2,7-10,17H2,1H3. The Bertz CT molecular complexity index is 378. The molecule has 0 radical (unpaired) electrons. The number of thioether (sulfide) groups is 1. The number of hydrogen-bond acceptors (Lipinski definition) is 3. The zero-order valence-corrected chi connectivity index (χ0v) is 12.2. The van der Waals surface area contributed by atoms with Gasteiger partial charge in [0.15, 0.2) is 0 Å². The predicted octanol–water partition coefficient (Wildman–Crippen LogP) is 3.52. The Morgan fingerprint density at radius 2 is 1.95 bits per heavy atom. The van der Waals surface area contributed by atoms with Crippen LogP contribution >= 0.6 is 11.8 Å². The summed E-state index contributed by atoms with van der Waals surface area (Å²) in [5.74, 6) is -0.191. The summed E-state index contributed by atoms with van der Waals surface area (Å²) in [5, 5.41) is 0.843. The molecule has 19 heavy (non-hydrogen) atoms. The van der Waals surface area contributed by atoms with Gasteiger partial charge >= 0.3 is 0 Å². The normalized spacial score (nSPS) is 20.2. The minimum absolute atomic E-state index is 0.110. The second-order valence-electron chi connectivity index (χ2n) is 4.99. The van der Waals surface area contributed by atoms with Gasteiger partial charge in [0.2, 0.25) is 0 Å². The van der Waals surface area contributed by atoms with Crippen LogP contribution in [-0.4, -0.2) is 24.5 Å². The van der Waals surface area contributed by atoms with Crippen molar-refractivity contribution in [3.63, 3.8) is 0 Å². The van der Waals surface area contributed by atoms with Crippen molar-refractivity contribution < 1.29 is 9.13 Å². The maximum Gasteiger partial charge on any atom is 0.123 e. The van der Waals surface area contributed by atoms with Gasteiger partial charge in [-0.25, -0.2) is 4.39 Å². The van der Waals surface area contributed by atoms with E-state index in [2.05, 4.69) is 6.92 Å². The number of hydrogen-bond donors (Lipinski definition) is 1. The second-order valence-corrected chi connectivity index (χ2v) is 6.44. The van der Waals surface area contributed by atoms with Crippen LogP contribution in [0.5, 0.6) is 0 Å². The van der Waals surface area contributed by atoms with E-state index < -0.39 is 0 Å². The first kappa shape index (κ1) is 14.8. The highest BCUT2D eigenvalue weighted by atomic mass is 32.2. The molecule has 2 N–H and O–H groups in total. The van der Waals surface area contributed by atoms with Gasteiger partial charge < -0.3 is 10.5 Å². The first-order valence-electron chi connectivity index (χ1n) is 6.95. The average molecular weight is 283 g/mol. The van der Waals surface area contributed by atoms with Crippen molar-refractivity contribution in [2.75, 3.05) is 13.2 Å². The van der Waals surface area contributed by atoms with E-state index in [4.69, 9.17) is 10.5 Å². The average Bonchev–Trinajstić information content (AvgIpc) is 2.46. The molecule has 2 unspecified atom stereocenters. The van der Waals surface area contributed by atoms with Crippen molar-refractivity contribution in [3.05, 3.63) is 35.6 Å². The SMILES string of the molecule is CCC(N)C(SC1CCOCC1)c1ccc(F)cc1. The summed E-state index contributed by atoms with van der Waals surface area (Å²) in [6, 6.07) is 6.88. The van der Waals surface area contributed by atoms with E-state index in [1.807, 2.05) is 23.9 Å². The lowest BCUT2D eigenvalue weighted by Gasteiger charge is -2.29. The molecule has 1 saturated heterocycles. The van der Waals surface area contributed by atoms with Gasteiger partial charge in [0.1, 0.15) is 5.82 Å². The van der Waals surface area contributed by atoms with Crippen molar-refractivity contribution in [2.24, 2.45) is 5.73 Å². The lowest BCUT2D eigenvalue weighted by molar-refractivity contribution is 0.0999. The van der Waals surface area contributed by atoms with E-state index in [1.54, 1.807) is 0 Å². The minimum Gasteiger partial charge on any atom is -0.381 e. The predicted molar refractivity (Wildman–Crippen MR) is 78.8 cm³/mol. The van der Waals surface area contributed by atoms with Crippen LogP contribution < -0.4 is 5.73 Å². The number of rotatable bonds is 5. The minimum atomic E-state index is -0.191. The lowest BCUT2D eigenvalue weighted by Crippen LogP contribution is -2.28. The van der Waals surface area contributed by atoms with Crippen LogP contribution in [0.1, 0.15) is 37.0 Å². The quantitative estimate of drug-likeness (QED) is 0.898. The van der Waals surface area contributed by atoms with Crippen molar-refractivity contribution in [2.45, 2.75) is 42.7 Å². The summed E-state index contributed by atoms with van der Waals surface area (Å²) in [6.45, 7) is 3.79. The number of nitrogens with two attached hydrogens (primary N) is 1. The fraction of sp³-hybridized carbons (Fsp3) is 0.600. The Morgan fingerprint density at radius 3 is 2.53 bits per heavy atom. The Kier molecular flexibility index (Phi) is 5.67. The van der Waals surface area contributed by atoms with Gasteiger partial charge in [0.25, 0.3) is 0 Å². The topological polar surface area (TPSA) is 35.2 Å². The summed E-state index contributed by atoms with van der Waals surface area (Å²) in [6.07, 6.45) is 3.09. The molecule has 1 fully saturated rings. The molecule has 0 saturated carbocycles. The summed E-state index contributed by atoms with van der Waals surface area (Å²) < 4.78 is 18.4. The van der Waals surface area contributed by atoms with E-state index in [0.29, 0.717) is 5.25 Å². The van der Waals surface area contributed by atoms with Crippen LogP contribution in [0.2, 0.25) is 0 Å². The largest absolute Gasteiger partial charge is 0.381 e. The van der Waals surface area contributed by atoms with Gasteiger partial charge in [-0.05, 0) is 37.0 Å². The Balaban J connectivity index is 2.08. The molecule has 1 aromatic carbocycles. The fourth-order valence-electron chi connectivity index (χ4n) is 2.31. The molecule has 2 nitrogen and oxygen atoms in total. The van der Waals surface area contributed by atoms with Crippen molar-refractivity contribution in [1.82, 2.24) is 0 Å². The first-order valence-corrected chi connectivity index (χ1v) is 7.89. The molecule has 0 spiro atoms. The smallest absolute Gasteiger partial charge is 0.123 e. The number of ether oxygens (including phenoxy) is 1. The van der Waals surface area contributed by atoms with E-state index >= 15 is 0 Å². The highest BCUT2D eigenvalue weighted by molar-refractivity contribution is 8.00. The van der Waals surface area contributed by atoms with E-state index in [1.165, 1.54) is 12.1 Å². The van der Waals surface area contributed by atoms with Gasteiger partial charge in [-0.2, -0.15) is 0 Å². The molecule has 1 aliphatic heterocycles. The molecule has 0 aliphatic carbocycles. The summed E-state index contributed by atoms with van der Waals surface area (Å²) in [4.78, 5) is 0. The monoisotopic (exact) mass is 283 g/mol. The van der Waals surface area contributed by atoms with Gasteiger partial charge in [0, 0.05) is 29.8 Å². The van der Waals surface area contributed by atoms with Gasteiger partial charge in [-0.3, -0.25) is 0 Å². The lowest BCUT2D eigenvalue weighted by atomic mass is 10.0. The number of halogens is 1. The highest BCUT2D eigenvalue weighted by Gasteiger charge is 2.25. The van der Waals surface area contributed by atoms with Crippen LogP contribution in [0.4, 0.5) is 4.39 Å². The van der Waals surface area contributed by atoms with Crippen LogP contribution in [0, 0.1) is 5.82 Å². The van der Waals surface area contributed by atoms with Crippen LogP contribution in [0.15, 0.2) is 24.3 Å². The molecule has 1 heterocycles. The van der Waals surface area contributed by atoms with Crippen LogP contribution in [0.25, 0.3) is 0 Å².